The third-order valence-electron chi connectivity index (χ3n) is 6.47. The van der Waals surface area contributed by atoms with Gasteiger partial charge < -0.3 is 28.2 Å². The molecule has 0 saturated carbocycles. The van der Waals surface area contributed by atoms with Crippen LogP contribution in [0.5, 0.6) is 0 Å². The number of carbonyl (C=O) groups excluding carboxylic acids is 2. The lowest BCUT2D eigenvalue weighted by Crippen LogP contribution is -2.59. The highest BCUT2D eigenvalue weighted by molar-refractivity contribution is 5.79. The molecule has 0 N–H and O–H groups in total. The molecule has 8 nitrogen and oxygen atoms in total. The molecule has 0 aromatic rings. The zero-order chi connectivity index (χ0) is 19.3. The average Bonchev–Trinajstić information content (AvgIpc) is 2.67. The molecule has 0 aromatic carbocycles. The van der Waals surface area contributed by atoms with Crippen LogP contribution in [-0.4, -0.2) is 137 Å². The summed E-state index contributed by atoms with van der Waals surface area (Å²) in [6, 6.07) is 0. The number of likely N-dealkylation sites (N-methyl/N-ethyl adjacent to an activating group) is 2. The summed E-state index contributed by atoms with van der Waals surface area (Å²) in [4.78, 5) is 29.1. The van der Waals surface area contributed by atoms with Gasteiger partial charge in [0.1, 0.15) is 26.2 Å². The lowest BCUT2D eigenvalue weighted by Gasteiger charge is -2.40. The van der Waals surface area contributed by atoms with Crippen LogP contribution >= 0.6 is 0 Å². The SMILES string of the molecule is C[N+]1(CCC(=O)N2CCN(C(=O)C[N+]3(C)CCOCC3)CC2)CCOCC1. The van der Waals surface area contributed by atoms with E-state index >= 15 is 0 Å². The van der Waals surface area contributed by atoms with E-state index in [0.29, 0.717) is 39.1 Å². The molecule has 2 amide bonds. The predicted octanol–water partition coefficient (Wildman–Crippen LogP) is -0.999. The number of hydrogen-bond donors (Lipinski definition) is 0. The van der Waals surface area contributed by atoms with Crippen LogP contribution in [0.3, 0.4) is 0 Å². The van der Waals surface area contributed by atoms with Crippen molar-refractivity contribution in [3.05, 3.63) is 0 Å². The van der Waals surface area contributed by atoms with Crippen molar-refractivity contribution in [2.45, 2.75) is 6.42 Å². The topological polar surface area (TPSA) is 59.1 Å². The Bertz CT molecular complexity index is 522. The summed E-state index contributed by atoms with van der Waals surface area (Å²) in [6.07, 6.45) is 0.583. The van der Waals surface area contributed by atoms with E-state index in [1.165, 1.54) is 0 Å². The Morgan fingerprint density at radius 1 is 0.741 bits per heavy atom. The Balaban J connectivity index is 1.40. The first-order valence-electron chi connectivity index (χ1n) is 10.3. The van der Waals surface area contributed by atoms with Crippen LogP contribution in [0.25, 0.3) is 0 Å². The summed E-state index contributed by atoms with van der Waals surface area (Å²) in [5.41, 5.74) is 0. The number of nitrogens with zero attached hydrogens (tertiary/aromatic N) is 4. The van der Waals surface area contributed by atoms with E-state index in [1.54, 1.807) is 0 Å². The molecule has 8 heteroatoms. The molecule has 3 fully saturated rings. The van der Waals surface area contributed by atoms with E-state index in [1.807, 2.05) is 9.80 Å². The summed E-state index contributed by atoms with van der Waals surface area (Å²) in [5.74, 6) is 0.429. The molecule has 27 heavy (non-hydrogen) atoms. The number of piperazine rings is 1. The first kappa shape index (κ1) is 20.5. The van der Waals surface area contributed by atoms with Crippen molar-refractivity contribution >= 4 is 11.8 Å². The first-order chi connectivity index (χ1) is 12.9. The molecule has 0 radical (unpaired) electrons. The Hall–Kier alpha value is -1.22. The second-order valence-corrected chi connectivity index (χ2v) is 8.75. The maximum Gasteiger partial charge on any atom is 0.277 e. The first-order valence-corrected chi connectivity index (χ1v) is 10.3. The fourth-order valence-electron chi connectivity index (χ4n) is 4.10. The van der Waals surface area contributed by atoms with Crippen molar-refractivity contribution in [1.82, 2.24) is 9.80 Å². The van der Waals surface area contributed by atoms with Crippen molar-refractivity contribution in [2.75, 3.05) is 106 Å². The van der Waals surface area contributed by atoms with E-state index in [0.717, 1.165) is 68.1 Å². The van der Waals surface area contributed by atoms with E-state index in [9.17, 15) is 9.59 Å². The van der Waals surface area contributed by atoms with Crippen LogP contribution in [0.15, 0.2) is 0 Å². The number of morpholine rings is 2. The zero-order valence-corrected chi connectivity index (χ0v) is 17.0. The number of quaternary nitrogens is 2. The van der Waals surface area contributed by atoms with Gasteiger partial charge in [-0.1, -0.05) is 0 Å². The van der Waals surface area contributed by atoms with Crippen molar-refractivity contribution in [2.24, 2.45) is 0 Å². The molecule has 0 aromatic heterocycles. The summed E-state index contributed by atoms with van der Waals surface area (Å²) in [7, 11) is 4.34. The minimum Gasteiger partial charge on any atom is -0.370 e. The van der Waals surface area contributed by atoms with Crippen molar-refractivity contribution in [3.63, 3.8) is 0 Å². The monoisotopic (exact) mass is 384 g/mol. The molecule has 0 aliphatic carbocycles. The van der Waals surface area contributed by atoms with E-state index in [2.05, 4.69) is 14.1 Å². The molecule has 0 unspecified atom stereocenters. The number of rotatable bonds is 5. The molecule has 3 saturated heterocycles. The normalized spacial score (nSPS) is 25.3. The van der Waals surface area contributed by atoms with Crippen molar-refractivity contribution < 1.29 is 28.0 Å². The van der Waals surface area contributed by atoms with E-state index in [4.69, 9.17) is 9.47 Å². The van der Waals surface area contributed by atoms with Gasteiger partial charge in [0.15, 0.2) is 6.54 Å². The third-order valence-corrected chi connectivity index (χ3v) is 6.47. The van der Waals surface area contributed by atoms with Gasteiger partial charge in [0, 0.05) is 26.2 Å². The predicted molar refractivity (Wildman–Crippen MR) is 101 cm³/mol. The zero-order valence-electron chi connectivity index (χ0n) is 17.0. The lowest BCUT2D eigenvalue weighted by atomic mass is 10.2. The van der Waals surface area contributed by atoms with Gasteiger partial charge in [-0.15, -0.1) is 0 Å². The molecular weight excluding hydrogens is 348 g/mol. The number of amides is 2. The molecule has 3 aliphatic rings. The summed E-state index contributed by atoms with van der Waals surface area (Å²) in [6.45, 7) is 10.8. The Kier molecular flexibility index (Phi) is 6.73. The van der Waals surface area contributed by atoms with Crippen LogP contribution < -0.4 is 0 Å². The molecule has 3 heterocycles. The Morgan fingerprint density at radius 3 is 1.70 bits per heavy atom. The Labute approximate surface area is 162 Å². The second-order valence-electron chi connectivity index (χ2n) is 8.75. The highest BCUT2D eigenvalue weighted by Crippen LogP contribution is 2.13. The van der Waals surface area contributed by atoms with Crippen LogP contribution in [0.4, 0.5) is 0 Å². The second kappa shape index (κ2) is 8.86. The maximum atomic E-state index is 12.7. The van der Waals surface area contributed by atoms with Gasteiger partial charge in [-0.2, -0.15) is 0 Å². The minimum absolute atomic E-state index is 0.206. The molecular formula is C19H36N4O4+2. The van der Waals surface area contributed by atoms with Crippen LogP contribution in [-0.2, 0) is 19.1 Å². The molecule has 3 rings (SSSR count). The summed E-state index contributed by atoms with van der Waals surface area (Å²) in [5, 5.41) is 0. The molecule has 3 aliphatic heterocycles. The third kappa shape index (κ3) is 5.63. The van der Waals surface area contributed by atoms with E-state index < -0.39 is 0 Å². The van der Waals surface area contributed by atoms with Crippen molar-refractivity contribution in [3.8, 4) is 0 Å². The van der Waals surface area contributed by atoms with Gasteiger partial charge >= 0.3 is 0 Å². The molecule has 0 atom stereocenters. The van der Waals surface area contributed by atoms with Crippen LogP contribution in [0.2, 0.25) is 0 Å². The van der Waals surface area contributed by atoms with Gasteiger partial charge in [0.2, 0.25) is 5.91 Å². The standard InChI is InChI=1S/C19H36N4O4/c1-22(9-13-26-14-10-22)8-3-18(24)20-4-6-21(7-5-20)19(25)17-23(2)11-15-27-16-12-23/h3-17H2,1-2H3/q+2. The minimum atomic E-state index is 0.206. The smallest absolute Gasteiger partial charge is 0.277 e. The van der Waals surface area contributed by atoms with Gasteiger partial charge in [-0.25, -0.2) is 0 Å². The summed E-state index contributed by atoms with van der Waals surface area (Å²) < 4.78 is 12.5. The molecule has 0 spiro atoms. The number of carbonyl (C=O) groups is 2. The molecule has 154 valence electrons. The quantitative estimate of drug-likeness (QED) is 0.571. The van der Waals surface area contributed by atoms with Crippen LogP contribution in [0.1, 0.15) is 6.42 Å². The highest BCUT2D eigenvalue weighted by atomic mass is 16.5. The summed E-state index contributed by atoms with van der Waals surface area (Å²) >= 11 is 0. The number of ether oxygens (including phenoxy) is 2. The van der Waals surface area contributed by atoms with E-state index in [-0.39, 0.29) is 11.8 Å². The Morgan fingerprint density at radius 2 is 1.19 bits per heavy atom. The fourth-order valence-corrected chi connectivity index (χ4v) is 4.10. The van der Waals surface area contributed by atoms with Crippen LogP contribution in [0, 0.1) is 0 Å². The van der Waals surface area contributed by atoms with Gasteiger partial charge in [-0.05, 0) is 0 Å². The maximum absolute atomic E-state index is 12.7. The highest BCUT2D eigenvalue weighted by Gasteiger charge is 2.33. The fraction of sp³-hybridized carbons (Fsp3) is 0.895. The largest absolute Gasteiger partial charge is 0.370 e. The van der Waals surface area contributed by atoms with Gasteiger partial charge in [0.05, 0.1) is 53.5 Å². The molecule has 0 bridgehead atoms. The number of hydrogen-bond acceptors (Lipinski definition) is 4. The average molecular weight is 385 g/mol. The van der Waals surface area contributed by atoms with Gasteiger partial charge in [-0.3, -0.25) is 9.59 Å². The van der Waals surface area contributed by atoms with Crippen molar-refractivity contribution in [1.29, 1.82) is 0 Å². The van der Waals surface area contributed by atoms with Gasteiger partial charge in [0.25, 0.3) is 5.91 Å². The lowest BCUT2D eigenvalue weighted by molar-refractivity contribution is -0.916.